The molecule has 1 aliphatic heterocycles. The number of halogens is 3. The Bertz CT molecular complexity index is 952. The van der Waals surface area contributed by atoms with Gasteiger partial charge in [-0.05, 0) is 17.7 Å². The molecule has 3 atom stereocenters. The molecule has 0 bridgehead atoms. The average Bonchev–Trinajstić information content (AvgIpc) is 2.67. The van der Waals surface area contributed by atoms with Crippen molar-refractivity contribution in [2.24, 2.45) is 5.92 Å². The molecule has 1 fully saturated rings. The third-order valence-corrected chi connectivity index (χ3v) is 4.50. The standard InChI is InChI=1S/C17H13F3N4O5/c18-17(19,20)16(27)12(14(25)10-2-1-7-21-8-10)13(22-15(26)23-16)9-3-5-11(6-4-9)24(28)29/h1-8,12-13,27H,(H2,22,23,26)/t12-,13-,16-/m1/s1. The topological polar surface area (TPSA) is 134 Å². The van der Waals surface area contributed by atoms with Crippen LogP contribution in [0, 0.1) is 16.0 Å². The molecule has 29 heavy (non-hydrogen) atoms. The van der Waals surface area contributed by atoms with Crippen molar-refractivity contribution in [3.8, 4) is 0 Å². The van der Waals surface area contributed by atoms with Gasteiger partial charge in [0, 0.05) is 30.1 Å². The van der Waals surface area contributed by atoms with E-state index < -0.39 is 40.6 Å². The molecule has 3 rings (SSSR count). The zero-order valence-electron chi connectivity index (χ0n) is 14.4. The summed E-state index contributed by atoms with van der Waals surface area (Å²) in [7, 11) is 0. The molecule has 2 aromatic rings. The quantitative estimate of drug-likeness (QED) is 0.401. The van der Waals surface area contributed by atoms with Gasteiger partial charge in [0.2, 0.25) is 5.72 Å². The van der Waals surface area contributed by atoms with Gasteiger partial charge in [-0.25, -0.2) is 4.79 Å². The molecule has 2 heterocycles. The van der Waals surface area contributed by atoms with Crippen LogP contribution in [0.15, 0.2) is 48.8 Å². The van der Waals surface area contributed by atoms with Crippen LogP contribution in [0.1, 0.15) is 22.0 Å². The second-order valence-electron chi connectivity index (χ2n) is 6.27. The summed E-state index contributed by atoms with van der Waals surface area (Å²) >= 11 is 0. The number of rotatable bonds is 4. The van der Waals surface area contributed by atoms with Crippen molar-refractivity contribution >= 4 is 17.5 Å². The molecule has 152 valence electrons. The normalized spacial score (nSPS) is 24.3. The fourth-order valence-corrected chi connectivity index (χ4v) is 3.11. The second kappa shape index (κ2) is 7.13. The van der Waals surface area contributed by atoms with E-state index >= 15 is 0 Å². The van der Waals surface area contributed by atoms with E-state index in [0.29, 0.717) is 0 Å². The average molecular weight is 410 g/mol. The highest BCUT2D eigenvalue weighted by Gasteiger charge is 2.66. The van der Waals surface area contributed by atoms with Crippen molar-refractivity contribution in [1.29, 1.82) is 0 Å². The maximum atomic E-state index is 13.7. The van der Waals surface area contributed by atoms with Crippen LogP contribution in [0.25, 0.3) is 0 Å². The Labute approximate surface area is 160 Å². The number of amides is 2. The predicted octanol–water partition coefficient (Wildman–Crippen LogP) is 2.09. The third kappa shape index (κ3) is 3.61. The Morgan fingerprint density at radius 2 is 1.90 bits per heavy atom. The van der Waals surface area contributed by atoms with Crippen molar-refractivity contribution in [2.45, 2.75) is 17.9 Å². The number of pyridine rings is 1. The number of nitro groups is 1. The molecule has 2 amide bonds. The molecular weight excluding hydrogens is 397 g/mol. The smallest absolute Gasteiger partial charge is 0.363 e. The molecule has 0 radical (unpaired) electrons. The number of urea groups is 1. The predicted molar refractivity (Wildman–Crippen MR) is 90.6 cm³/mol. The van der Waals surface area contributed by atoms with Crippen molar-refractivity contribution < 1.29 is 32.8 Å². The number of nitro benzene ring substituents is 1. The Morgan fingerprint density at radius 1 is 1.24 bits per heavy atom. The number of benzene rings is 1. The van der Waals surface area contributed by atoms with Crippen LogP contribution in [0.3, 0.4) is 0 Å². The molecule has 0 saturated carbocycles. The lowest BCUT2D eigenvalue weighted by atomic mass is 9.77. The van der Waals surface area contributed by atoms with E-state index in [2.05, 4.69) is 10.3 Å². The number of carbonyl (C=O) groups excluding carboxylic acids is 2. The number of hydrogen-bond acceptors (Lipinski definition) is 6. The van der Waals surface area contributed by atoms with Gasteiger partial charge in [0.05, 0.1) is 11.0 Å². The van der Waals surface area contributed by atoms with Crippen LogP contribution >= 0.6 is 0 Å². The lowest BCUT2D eigenvalue weighted by Gasteiger charge is -2.45. The minimum absolute atomic E-state index is 0.0321. The van der Waals surface area contributed by atoms with E-state index in [1.165, 1.54) is 23.6 Å². The summed E-state index contributed by atoms with van der Waals surface area (Å²) in [6.07, 6.45) is -3.06. The van der Waals surface area contributed by atoms with Crippen molar-refractivity contribution in [3.05, 3.63) is 70.0 Å². The largest absolute Gasteiger partial charge is 0.437 e. The fourth-order valence-electron chi connectivity index (χ4n) is 3.11. The maximum Gasteiger partial charge on any atom is 0.437 e. The summed E-state index contributed by atoms with van der Waals surface area (Å²) in [5.74, 6) is -3.36. The summed E-state index contributed by atoms with van der Waals surface area (Å²) in [6.45, 7) is 0. The van der Waals surface area contributed by atoms with Gasteiger partial charge in [0.15, 0.2) is 5.78 Å². The van der Waals surface area contributed by atoms with Crippen molar-refractivity contribution in [3.63, 3.8) is 0 Å². The van der Waals surface area contributed by atoms with Crippen LogP contribution in [-0.4, -0.2) is 38.7 Å². The molecule has 0 spiro atoms. The van der Waals surface area contributed by atoms with Crippen LogP contribution in [0.2, 0.25) is 0 Å². The Balaban J connectivity index is 2.14. The number of Topliss-reactive ketones (excluding diaryl/α,β-unsaturated/α-hetero) is 1. The number of non-ortho nitro benzene ring substituents is 1. The highest BCUT2D eigenvalue weighted by Crippen LogP contribution is 2.44. The minimum atomic E-state index is -5.40. The zero-order chi connectivity index (χ0) is 21.4. The third-order valence-electron chi connectivity index (χ3n) is 4.50. The van der Waals surface area contributed by atoms with Gasteiger partial charge in [-0.3, -0.25) is 19.9 Å². The van der Waals surface area contributed by atoms with Gasteiger partial charge in [-0.15, -0.1) is 0 Å². The molecule has 12 heteroatoms. The molecular formula is C17H13F3N4O5. The maximum absolute atomic E-state index is 13.7. The van der Waals surface area contributed by atoms with E-state index in [1.807, 2.05) is 0 Å². The summed E-state index contributed by atoms with van der Waals surface area (Å²) < 4.78 is 41.2. The molecule has 0 aliphatic carbocycles. The number of carbonyl (C=O) groups is 2. The van der Waals surface area contributed by atoms with Gasteiger partial charge in [-0.2, -0.15) is 13.2 Å². The molecule has 1 aromatic heterocycles. The first-order valence-corrected chi connectivity index (χ1v) is 8.11. The molecule has 9 nitrogen and oxygen atoms in total. The molecule has 3 N–H and O–H groups in total. The second-order valence-corrected chi connectivity index (χ2v) is 6.27. The summed E-state index contributed by atoms with van der Waals surface area (Å²) in [5.41, 5.74) is -4.47. The van der Waals surface area contributed by atoms with Gasteiger partial charge < -0.3 is 15.7 Å². The SMILES string of the molecule is O=C1N[C@H](c2ccc([N+](=O)[O-])cc2)[C@H](C(=O)c2cccnc2)[C@@](O)(C(F)(F)F)N1. The van der Waals surface area contributed by atoms with Crippen LogP contribution < -0.4 is 10.6 Å². The number of hydrogen-bond donors (Lipinski definition) is 3. The van der Waals surface area contributed by atoms with Crippen LogP contribution in [0.5, 0.6) is 0 Å². The van der Waals surface area contributed by atoms with E-state index in [9.17, 15) is 38.0 Å². The van der Waals surface area contributed by atoms with Gasteiger partial charge in [-0.1, -0.05) is 12.1 Å². The summed E-state index contributed by atoms with van der Waals surface area (Å²) in [6, 6.07) is 3.81. The number of ketones is 1. The molecule has 0 unspecified atom stereocenters. The van der Waals surface area contributed by atoms with Crippen LogP contribution in [0.4, 0.5) is 23.7 Å². The summed E-state index contributed by atoms with van der Waals surface area (Å²) in [4.78, 5) is 38.6. The van der Waals surface area contributed by atoms with E-state index in [-0.39, 0.29) is 16.8 Å². The van der Waals surface area contributed by atoms with Crippen molar-refractivity contribution in [1.82, 2.24) is 15.6 Å². The first-order valence-electron chi connectivity index (χ1n) is 8.11. The van der Waals surface area contributed by atoms with Gasteiger partial charge >= 0.3 is 12.2 Å². The van der Waals surface area contributed by atoms with E-state index in [4.69, 9.17) is 0 Å². The Hall–Kier alpha value is -3.54. The van der Waals surface area contributed by atoms with Gasteiger partial charge in [0.1, 0.15) is 5.92 Å². The first-order chi connectivity index (χ1) is 13.5. The number of nitrogens with one attached hydrogen (secondary N) is 2. The van der Waals surface area contributed by atoms with E-state index in [0.717, 1.165) is 30.5 Å². The molecule has 1 aromatic carbocycles. The first kappa shape index (κ1) is 20.2. The Kier molecular flexibility index (Phi) is 4.96. The fraction of sp³-hybridized carbons (Fsp3) is 0.235. The van der Waals surface area contributed by atoms with Gasteiger partial charge in [0.25, 0.3) is 5.69 Å². The molecule has 1 aliphatic rings. The highest BCUT2D eigenvalue weighted by atomic mass is 19.4. The number of nitrogens with zero attached hydrogens (tertiary/aromatic N) is 2. The number of aromatic nitrogens is 1. The lowest BCUT2D eigenvalue weighted by molar-refractivity contribution is -0.384. The zero-order valence-corrected chi connectivity index (χ0v) is 14.4. The monoisotopic (exact) mass is 410 g/mol. The van der Waals surface area contributed by atoms with Crippen molar-refractivity contribution in [2.75, 3.05) is 0 Å². The molecule has 1 saturated heterocycles. The minimum Gasteiger partial charge on any atom is -0.363 e. The summed E-state index contributed by atoms with van der Waals surface area (Å²) in [5, 5.41) is 24.8. The Morgan fingerprint density at radius 3 is 2.41 bits per heavy atom. The number of alkyl halides is 3. The van der Waals surface area contributed by atoms with Crippen LogP contribution in [-0.2, 0) is 0 Å². The van der Waals surface area contributed by atoms with E-state index in [1.54, 1.807) is 0 Å². The lowest BCUT2D eigenvalue weighted by Crippen LogP contribution is -2.72. The highest BCUT2D eigenvalue weighted by molar-refractivity contribution is 6.00. The number of aliphatic hydroxyl groups is 1.